The number of halogens is 2. The Kier molecular flexibility index (Phi) is 3.53. The molecule has 84 valence electrons. The van der Waals surface area contributed by atoms with E-state index >= 15 is 0 Å². The van der Waals surface area contributed by atoms with Gasteiger partial charge in [-0.25, -0.2) is 0 Å². The van der Waals surface area contributed by atoms with Gasteiger partial charge in [-0.05, 0) is 36.4 Å². The van der Waals surface area contributed by atoms with Crippen LogP contribution in [0.1, 0.15) is 5.56 Å². The van der Waals surface area contributed by atoms with Crippen molar-refractivity contribution < 1.29 is 4.74 Å². The second kappa shape index (κ2) is 5.09. The van der Waals surface area contributed by atoms with E-state index in [4.69, 9.17) is 33.2 Å². The third-order valence-corrected chi connectivity index (χ3v) is 2.72. The largest absolute Gasteiger partial charge is 0.454 e. The molecule has 2 aromatic rings. The maximum atomic E-state index is 8.67. The third-order valence-electron chi connectivity index (χ3n) is 2.12. The van der Waals surface area contributed by atoms with E-state index in [-0.39, 0.29) is 0 Å². The second-order valence-corrected chi connectivity index (χ2v) is 4.10. The lowest BCUT2D eigenvalue weighted by Gasteiger charge is -2.08. The summed E-state index contributed by atoms with van der Waals surface area (Å²) in [7, 11) is 0. The molecule has 0 spiro atoms. The Morgan fingerprint density at radius 2 is 1.53 bits per heavy atom. The molecule has 0 bridgehead atoms. The van der Waals surface area contributed by atoms with Gasteiger partial charge in [-0.1, -0.05) is 29.3 Å². The summed E-state index contributed by atoms with van der Waals surface area (Å²) in [5.41, 5.74) is 0.572. The number of para-hydroxylation sites is 1. The molecule has 0 fully saturated rings. The quantitative estimate of drug-likeness (QED) is 0.790. The van der Waals surface area contributed by atoms with Crippen molar-refractivity contribution in [2.45, 2.75) is 0 Å². The number of nitriles is 1. The molecule has 0 atom stereocenters. The molecule has 0 aliphatic rings. The predicted molar refractivity (Wildman–Crippen MR) is 67.7 cm³/mol. The summed E-state index contributed by atoms with van der Waals surface area (Å²) in [6, 6.07) is 13.9. The SMILES string of the molecule is N#Cc1ccc(Oc2c(Cl)cccc2Cl)cc1. The lowest BCUT2D eigenvalue weighted by atomic mass is 10.2. The fraction of sp³-hybridized carbons (Fsp3) is 0. The zero-order valence-corrected chi connectivity index (χ0v) is 10.2. The van der Waals surface area contributed by atoms with E-state index in [1.807, 2.05) is 6.07 Å². The first-order chi connectivity index (χ1) is 8.20. The molecule has 0 radical (unpaired) electrons. The number of benzene rings is 2. The summed E-state index contributed by atoms with van der Waals surface area (Å²) in [5, 5.41) is 9.57. The molecule has 0 saturated carbocycles. The van der Waals surface area contributed by atoms with Crippen LogP contribution in [0.15, 0.2) is 42.5 Å². The van der Waals surface area contributed by atoms with E-state index in [2.05, 4.69) is 0 Å². The van der Waals surface area contributed by atoms with Crippen LogP contribution in [0.5, 0.6) is 11.5 Å². The maximum Gasteiger partial charge on any atom is 0.164 e. The van der Waals surface area contributed by atoms with Crippen molar-refractivity contribution in [3.63, 3.8) is 0 Å². The fourth-order valence-corrected chi connectivity index (χ4v) is 1.77. The minimum Gasteiger partial charge on any atom is -0.454 e. The smallest absolute Gasteiger partial charge is 0.164 e. The molecule has 0 saturated heterocycles. The molecule has 2 rings (SSSR count). The van der Waals surface area contributed by atoms with Crippen molar-refractivity contribution >= 4 is 23.2 Å². The van der Waals surface area contributed by atoms with Crippen LogP contribution in [0.2, 0.25) is 10.0 Å². The van der Waals surface area contributed by atoms with Crippen molar-refractivity contribution in [2.75, 3.05) is 0 Å². The summed E-state index contributed by atoms with van der Waals surface area (Å²) in [4.78, 5) is 0. The zero-order chi connectivity index (χ0) is 12.3. The Morgan fingerprint density at radius 1 is 0.941 bits per heavy atom. The Hall–Kier alpha value is -1.69. The fourth-order valence-electron chi connectivity index (χ4n) is 1.30. The Morgan fingerprint density at radius 3 is 2.06 bits per heavy atom. The predicted octanol–water partition coefficient (Wildman–Crippen LogP) is 4.66. The molecule has 0 amide bonds. The standard InChI is InChI=1S/C13H7Cl2NO/c14-11-2-1-3-12(15)13(11)17-10-6-4-9(8-16)5-7-10/h1-7H. The Labute approximate surface area is 109 Å². The van der Waals surface area contributed by atoms with E-state index in [9.17, 15) is 0 Å². The van der Waals surface area contributed by atoms with E-state index in [0.717, 1.165) is 0 Å². The highest BCUT2D eigenvalue weighted by Crippen LogP contribution is 2.35. The first-order valence-corrected chi connectivity index (χ1v) is 5.58. The van der Waals surface area contributed by atoms with Gasteiger partial charge >= 0.3 is 0 Å². The van der Waals surface area contributed by atoms with Crippen molar-refractivity contribution in [2.24, 2.45) is 0 Å². The Balaban J connectivity index is 2.29. The third kappa shape index (κ3) is 2.71. The zero-order valence-electron chi connectivity index (χ0n) is 8.65. The summed E-state index contributed by atoms with van der Waals surface area (Å²) < 4.78 is 5.57. The number of nitrogens with zero attached hydrogens (tertiary/aromatic N) is 1. The van der Waals surface area contributed by atoms with Gasteiger partial charge in [0.05, 0.1) is 21.7 Å². The van der Waals surface area contributed by atoms with Crippen LogP contribution >= 0.6 is 23.2 Å². The van der Waals surface area contributed by atoms with Crippen molar-refractivity contribution in [1.29, 1.82) is 5.26 Å². The highest BCUT2D eigenvalue weighted by atomic mass is 35.5. The summed E-state index contributed by atoms with van der Waals surface area (Å²) in [6.07, 6.45) is 0. The van der Waals surface area contributed by atoms with Crippen LogP contribution in [0.4, 0.5) is 0 Å². The molecule has 17 heavy (non-hydrogen) atoms. The molecular formula is C13H7Cl2NO. The highest BCUT2D eigenvalue weighted by Gasteiger charge is 2.07. The van der Waals surface area contributed by atoms with Crippen LogP contribution in [-0.4, -0.2) is 0 Å². The van der Waals surface area contributed by atoms with Crippen LogP contribution in [0, 0.1) is 11.3 Å². The molecule has 0 aliphatic heterocycles. The molecular weight excluding hydrogens is 257 g/mol. The van der Waals surface area contributed by atoms with Crippen molar-refractivity contribution in [3.05, 3.63) is 58.1 Å². The minimum absolute atomic E-state index is 0.417. The summed E-state index contributed by atoms with van der Waals surface area (Å²) in [6.45, 7) is 0. The van der Waals surface area contributed by atoms with Gasteiger partial charge in [0.15, 0.2) is 5.75 Å². The van der Waals surface area contributed by atoms with Crippen LogP contribution < -0.4 is 4.74 Å². The van der Waals surface area contributed by atoms with Gasteiger partial charge < -0.3 is 4.74 Å². The molecule has 0 aliphatic carbocycles. The average molecular weight is 264 g/mol. The summed E-state index contributed by atoms with van der Waals surface area (Å²) in [5.74, 6) is 1.000. The van der Waals surface area contributed by atoms with Gasteiger partial charge in [0, 0.05) is 0 Å². The second-order valence-electron chi connectivity index (χ2n) is 3.29. The van der Waals surface area contributed by atoms with Crippen LogP contribution in [-0.2, 0) is 0 Å². The van der Waals surface area contributed by atoms with E-state index in [1.54, 1.807) is 42.5 Å². The Bertz CT molecular complexity index is 553. The van der Waals surface area contributed by atoms with Crippen LogP contribution in [0.25, 0.3) is 0 Å². The van der Waals surface area contributed by atoms with Gasteiger partial charge in [0.1, 0.15) is 5.75 Å². The lowest BCUT2D eigenvalue weighted by Crippen LogP contribution is -1.86. The number of hydrogen-bond acceptors (Lipinski definition) is 2. The summed E-state index contributed by atoms with van der Waals surface area (Å²) >= 11 is 12.0. The normalized spacial score (nSPS) is 9.71. The molecule has 0 aromatic heterocycles. The molecule has 0 N–H and O–H groups in total. The number of hydrogen-bond donors (Lipinski definition) is 0. The van der Waals surface area contributed by atoms with Crippen LogP contribution in [0.3, 0.4) is 0 Å². The molecule has 2 aromatic carbocycles. The van der Waals surface area contributed by atoms with Gasteiger partial charge in [0.2, 0.25) is 0 Å². The minimum atomic E-state index is 0.417. The van der Waals surface area contributed by atoms with Gasteiger partial charge in [0.25, 0.3) is 0 Å². The first-order valence-electron chi connectivity index (χ1n) is 4.83. The topological polar surface area (TPSA) is 33.0 Å². The van der Waals surface area contributed by atoms with E-state index < -0.39 is 0 Å². The van der Waals surface area contributed by atoms with Gasteiger partial charge in [-0.15, -0.1) is 0 Å². The highest BCUT2D eigenvalue weighted by molar-refractivity contribution is 6.37. The molecule has 0 heterocycles. The van der Waals surface area contributed by atoms with E-state index in [0.29, 0.717) is 27.1 Å². The monoisotopic (exact) mass is 263 g/mol. The van der Waals surface area contributed by atoms with Gasteiger partial charge in [-0.3, -0.25) is 0 Å². The number of rotatable bonds is 2. The molecule has 0 unspecified atom stereocenters. The van der Waals surface area contributed by atoms with Crippen molar-refractivity contribution in [3.8, 4) is 17.6 Å². The molecule has 4 heteroatoms. The van der Waals surface area contributed by atoms with E-state index in [1.165, 1.54) is 0 Å². The first kappa shape index (κ1) is 11.8. The lowest BCUT2D eigenvalue weighted by molar-refractivity contribution is 0.483. The average Bonchev–Trinajstić information content (AvgIpc) is 2.35. The van der Waals surface area contributed by atoms with Crippen molar-refractivity contribution in [1.82, 2.24) is 0 Å². The number of ether oxygens (including phenoxy) is 1. The molecule has 2 nitrogen and oxygen atoms in total. The maximum absolute atomic E-state index is 8.67. The van der Waals surface area contributed by atoms with Gasteiger partial charge in [-0.2, -0.15) is 5.26 Å².